The van der Waals surface area contributed by atoms with Gasteiger partial charge in [-0.3, -0.25) is 0 Å². The normalized spacial score (nSPS) is 16.1. The maximum Gasteiger partial charge on any atom is 0.157 e. The van der Waals surface area contributed by atoms with E-state index in [0.29, 0.717) is 0 Å². The smallest absolute Gasteiger partial charge is 0.157 e. The lowest BCUT2D eigenvalue weighted by atomic mass is 10.1. The van der Waals surface area contributed by atoms with Crippen molar-refractivity contribution in [3.8, 4) is 0 Å². The van der Waals surface area contributed by atoms with Gasteiger partial charge in [0.1, 0.15) is 0 Å². The zero-order valence-corrected chi connectivity index (χ0v) is 7.49. The van der Waals surface area contributed by atoms with E-state index < -0.39 is 0 Å². The molecule has 0 amide bonds. The van der Waals surface area contributed by atoms with E-state index in [-0.39, 0.29) is 0 Å². The summed E-state index contributed by atoms with van der Waals surface area (Å²) in [6, 6.07) is 12.3. The van der Waals surface area contributed by atoms with Gasteiger partial charge in [-0.1, -0.05) is 30.3 Å². The molecule has 3 N–H and O–H groups in total. The molecule has 1 aliphatic rings. The first-order valence-electron chi connectivity index (χ1n) is 4.47. The summed E-state index contributed by atoms with van der Waals surface area (Å²) < 4.78 is 0. The molecule has 0 atom stereocenters. The number of benzene rings is 2. The zero-order valence-electron chi connectivity index (χ0n) is 7.49. The van der Waals surface area contributed by atoms with E-state index in [1.165, 1.54) is 10.8 Å². The van der Waals surface area contributed by atoms with E-state index in [4.69, 9.17) is 5.84 Å². The highest BCUT2D eigenvalue weighted by Crippen LogP contribution is 2.32. The second-order valence-corrected chi connectivity index (χ2v) is 3.31. The van der Waals surface area contributed by atoms with Crippen LogP contribution in [-0.2, 0) is 0 Å². The SMILES string of the molecule is NN=C1Nc2cccc3cccc1c23. The monoisotopic (exact) mass is 183 g/mol. The Labute approximate surface area is 81.2 Å². The van der Waals surface area contributed by atoms with Crippen LogP contribution in [0.3, 0.4) is 0 Å². The lowest BCUT2D eigenvalue weighted by Crippen LogP contribution is -2.09. The van der Waals surface area contributed by atoms with Gasteiger partial charge in [0.25, 0.3) is 0 Å². The Hall–Kier alpha value is -2.03. The minimum Gasteiger partial charge on any atom is -0.338 e. The Morgan fingerprint density at radius 2 is 1.86 bits per heavy atom. The molecule has 0 bridgehead atoms. The van der Waals surface area contributed by atoms with Gasteiger partial charge >= 0.3 is 0 Å². The van der Waals surface area contributed by atoms with Gasteiger partial charge in [-0.25, -0.2) is 0 Å². The first-order chi connectivity index (χ1) is 6.90. The minimum atomic E-state index is 0.747. The maximum absolute atomic E-state index is 5.31. The predicted molar refractivity (Wildman–Crippen MR) is 58.3 cm³/mol. The van der Waals surface area contributed by atoms with E-state index >= 15 is 0 Å². The summed E-state index contributed by atoms with van der Waals surface area (Å²) in [6.45, 7) is 0. The molecule has 14 heavy (non-hydrogen) atoms. The Morgan fingerprint density at radius 1 is 1.07 bits per heavy atom. The molecule has 3 heteroatoms. The van der Waals surface area contributed by atoms with Crippen molar-refractivity contribution in [2.75, 3.05) is 5.32 Å². The molecule has 1 aliphatic heterocycles. The summed E-state index contributed by atoms with van der Waals surface area (Å²) in [5.41, 5.74) is 2.17. The van der Waals surface area contributed by atoms with Crippen molar-refractivity contribution < 1.29 is 0 Å². The average Bonchev–Trinajstić information content (AvgIpc) is 2.60. The van der Waals surface area contributed by atoms with Gasteiger partial charge in [0.05, 0.1) is 0 Å². The molecule has 0 radical (unpaired) electrons. The number of nitrogens with one attached hydrogen (secondary N) is 1. The molecule has 0 saturated carbocycles. The summed E-state index contributed by atoms with van der Waals surface area (Å²) in [6.07, 6.45) is 0. The van der Waals surface area contributed by atoms with Crippen LogP contribution >= 0.6 is 0 Å². The number of hydrogen-bond donors (Lipinski definition) is 2. The quantitative estimate of drug-likeness (QED) is 0.484. The zero-order chi connectivity index (χ0) is 9.54. The van der Waals surface area contributed by atoms with Crippen LogP contribution in [0.1, 0.15) is 5.56 Å². The highest BCUT2D eigenvalue weighted by Gasteiger charge is 2.18. The lowest BCUT2D eigenvalue weighted by molar-refractivity contribution is 1.24. The topological polar surface area (TPSA) is 50.4 Å². The van der Waals surface area contributed by atoms with Crippen LogP contribution in [0.4, 0.5) is 5.69 Å². The fraction of sp³-hybridized carbons (Fsp3) is 0. The molecule has 0 spiro atoms. The van der Waals surface area contributed by atoms with Gasteiger partial charge < -0.3 is 11.2 Å². The van der Waals surface area contributed by atoms with E-state index in [0.717, 1.165) is 17.1 Å². The molecule has 3 rings (SSSR count). The number of nitrogens with two attached hydrogens (primary N) is 1. The summed E-state index contributed by atoms with van der Waals surface area (Å²) in [7, 11) is 0. The molecular formula is C11H9N3. The molecule has 3 nitrogen and oxygen atoms in total. The standard InChI is InChI=1S/C11H9N3/c12-14-11-8-5-1-3-7-4-2-6-9(13-11)10(7)8/h1-6H,12H2,(H,13,14). The highest BCUT2D eigenvalue weighted by atomic mass is 15.2. The van der Waals surface area contributed by atoms with Gasteiger partial charge in [0.15, 0.2) is 5.84 Å². The van der Waals surface area contributed by atoms with Crippen molar-refractivity contribution >= 4 is 22.3 Å². The van der Waals surface area contributed by atoms with Crippen LogP contribution in [0, 0.1) is 0 Å². The number of hydrazone groups is 1. The van der Waals surface area contributed by atoms with Gasteiger partial charge in [0.2, 0.25) is 0 Å². The average molecular weight is 183 g/mol. The van der Waals surface area contributed by atoms with Gasteiger partial charge in [-0.15, -0.1) is 0 Å². The van der Waals surface area contributed by atoms with Crippen LogP contribution in [0.2, 0.25) is 0 Å². The van der Waals surface area contributed by atoms with Crippen LogP contribution in [0.25, 0.3) is 10.8 Å². The minimum absolute atomic E-state index is 0.747. The van der Waals surface area contributed by atoms with Gasteiger partial charge in [0, 0.05) is 16.6 Å². The molecule has 68 valence electrons. The van der Waals surface area contributed by atoms with Crippen molar-refractivity contribution in [2.45, 2.75) is 0 Å². The summed E-state index contributed by atoms with van der Waals surface area (Å²) in [4.78, 5) is 0. The van der Waals surface area contributed by atoms with E-state index in [2.05, 4.69) is 22.6 Å². The molecule has 0 aromatic heterocycles. The fourth-order valence-corrected chi connectivity index (χ4v) is 1.94. The third-order valence-corrected chi connectivity index (χ3v) is 2.54. The van der Waals surface area contributed by atoms with Crippen molar-refractivity contribution in [1.82, 2.24) is 0 Å². The van der Waals surface area contributed by atoms with Crippen molar-refractivity contribution in [1.29, 1.82) is 0 Å². The number of nitrogens with zero attached hydrogens (tertiary/aromatic N) is 1. The molecule has 0 fully saturated rings. The number of hydrogen-bond acceptors (Lipinski definition) is 2. The van der Waals surface area contributed by atoms with Crippen molar-refractivity contribution in [3.63, 3.8) is 0 Å². The third-order valence-electron chi connectivity index (χ3n) is 2.54. The van der Waals surface area contributed by atoms with E-state index in [1.807, 2.05) is 24.3 Å². The molecule has 0 saturated heterocycles. The predicted octanol–water partition coefficient (Wildman–Crippen LogP) is 1.89. The second-order valence-electron chi connectivity index (χ2n) is 3.31. The lowest BCUT2D eigenvalue weighted by Gasteiger charge is -1.97. The molecule has 2 aromatic rings. The highest BCUT2D eigenvalue weighted by molar-refractivity contribution is 6.25. The van der Waals surface area contributed by atoms with Gasteiger partial charge in [-0.2, -0.15) is 5.10 Å². The van der Waals surface area contributed by atoms with Crippen LogP contribution < -0.4 is 11.2 Å². The van der Waals surface area contributed by atoms with Crippen molar-refractivity contribution in [2.24, 2.45) is 10.9 Å². The number of anilines is 1. The summed E-state index contributed by atoms with van der Waals surface area (Å²) in [5.74, 6) is 6.06. The fourth-order valence-electron chi connectivity index (χ4n) is 1.94. The second kappa shape index (κ2) is 2.48. The Morgan fingerprint density at radius 3 is 2.64 bits per heavy atom. The molecule has 2 aromatic carbocycles. The molecular weight excluding hydrogens is 174 g/mol. The molecule has 0 aliphatic carbocycles. The first-order valence-corrected chi connectivity index (χ1v) is 4.47. The summed E-state index contributed by atoms with van der Waals surface area (Å²) in [5, 5.41) is 9.34. The van der Waals surface area contributed by atoms with E-state index in [1.54, 1.807) is 0 Å². The third kappa shape index (κ3) is 0.785. The van der Waals surface area contributed by atoms with Crippen molar-refractivity contribution in [3.05, 3.63) is 42.0 Å². The molecule has 0 unspecified atom stereocenters. The summed E-state index contributed by atoms with van der Waals surface area (Å²) >= 11 is 0. The maximum atomic E-state index is 5.31. The van der Waals surface area contributed by atoms with Crippen LogP contribution in [-0.4, -0.2) is 5.84 Å². The Balaban J connectivity index is 2.50. The largest absolute Gasteiger partial charge is 0.338 e. The first kappa shape index (κ1) is 7.38. The molecule has 1 heterocycles. The van der Waals surface area contributed by atoms with Crippen LogP contribution in [0.15, 0.2) is 41.5 Å². The number of amidine groups is 1. The Bertz CT molecular complexity index is 538. The van der Waals surface area contributed by atoms with Gasteiger partial charge in [-0.05, 0) is 11.5 Å². The number of rotatable bonds is 0. The Kier molecular flexibility index (Phi) is 1.31. The van der Waals surface area contributed by atoms with E-state index in [9.17, 15) is 0 Å². The van der Waals surface area contributed by atoms with Crippen LogP contribution in [0.5, 0.6) is 0 Å².